The van der Waals surface area contributed by atoms with Crippen LogP contribution in [0.1, 0.15) is 68.3 Å². The number of nitrogens with zero attached hydrogens (tertiary/aromatic N) is 3. The summed E-state index contributed by atoms with van der Waals surface area (Å²) in [7, 11) is 0. The van der Waals surface area contributed by atoms with Gasteiger partial charge in [-0.1, -0.05) is 30.1 Å². The number of amides is 2. The molecule has 1 aromatic carbocycles. The van der Waals surface area contributed by atoms with Gasteiger partial charge in [0.2, 0.25) is 5.82 Å². The van der Waals surface area contributed by atoms with Crippen molar-refractivity contribution in [3.8, 4) is 11.4 Å². The molecule has 1 aromatic heterocycles. The summed E-state index contributed by atoms with van der Waals surface area (Å²) >= 11 is 0. The molecule has 0 unspecified atom stereocenters. The van der Waals surface area contributed by atoms with Crippen LogP contribution in [0.4, 0.5) is 18.0 Å². The molecule has 11 heteroatoms. The summed E-state index contributed by atoms with van der Waals surface area (Å²) in [6.45, 7) is 5.70. The molecule has 4 rings (SSSR count). The van der Waals surface area contributed by atoms with E-state index in [1.165, 1.54) is 6.07 Å². The fraction of sp³-hybridized carbons (Fsp3) is 0.545. The average molecular weight is 466 g/mol. The molecule has 2 aliphatic rings. The van der Waals surface area contributed by atoms with Crippen LogP contribution < -0.4 is 5.32 Å². The van der Waals surface area contributed by atoms with Gasteiger partial charge >= 0.3 is 18.2 Å². The van der Waals surface area contributed by atoms with E-state index < -0.39 is 23.8 Å². The van der Waals surface area contributed by atoms with E-state index in [9.17, 15) is 22.8 Å². The summed E-state index contributed by atoms with van der Waals surface area (Å²) in [6, 6.07) is 4.28. The maximum absolute atomic E-state index is 13.2. The van der Waals surface area contributed by atoms with Crippen LogP contribution in [0.3, 0.4) is 0 Å². The number of aromatic nitrogens is 2. The van der Waals surface area contributed by atoms with Crippen LogP contribution in [0.5, 0.6) is 0 Å². The Hall–Kier alpha value is -3.11. The van der Waals surface area contributed by atoms with Gasteiger partial charge in [0.1, 0.15) is 5.60 Å². The van der Waals surface area contributed by atoms with Gasteiger partial charge in [-0.3, -0.25) is 4.79 Å². The Kier molecular flexibility index (Phi) is 5.83. The lowest BCUT2D eigenvalue weighted by Gasteiger charge is -2.38. The Morgan fingerprint density at radius 1 is 1.21 bits per heavy atom. The van der Waals surface area contributed by atoms with Crippen molar-refractivity contribution in [3.05, 3.63) is 35.2 Å². The fourth-order valence-electron chi connectivity index (χ4n) is 4.30. The summed E-state index contributed by atoms with van der Waals surface area (Å²) in [5.74, 6) is -1.92. The SMILES string of the molecule is CC(C)(C)OC(=O)N[C@@H]1CCCC[C@@H]1N1Cc2ccc(-c3noc(C(F)(F)F)n3)cc2C1=O. The fourth-order valence-corrected chi connectivity index (χ4v) is 4.30. The maximum atomic E-state index is 13.2. The van der Waals surface area contributed by atoms with E-state index in [1.807, 2.05) is 0 Å². The maximum Gasteiger partial charge on any atom is 0.471 e. The lowest BCUT2D eigenvalue weighted by atomic mass is 9.89. The number of benzene rings is 1. The molecule has 1 saturated carbocycles. The summed E-state index contributed by atoms with van der Waals surface area (Å²) < 4.78 is 48.0. The lowest BCUT2D eigenvalue weighted by molar-refractivity contribution is -0.159. The van der Waals surface area contributed by atoms with Gasteiger partial charge in [0.05, 0.1) is 12.1 Å². The van der Waals surface area contributed by atoms with Crippen molar-refractivity contribution in [3.63, 3.8) is 0 Å². The Bertz CT molecular complexity index is 1060. The number of nitrogens with one attached hydrogen (secondary N) is 1. The number of carbonyl (C=O) groups is 2. The predicted octanol–water partition coefficient (Wildman–Crippen LogP) is 4.55. The first-order chi connectivity index (χ1) is 15.4. The van der Waals surface area contributed by atoms with Crippen molar-refractivity contribution in [1.29, 1.82) is 0 Å². The molecular weight excluding hydrogens is 441 g/mol. The average Bonchev–Trinajstić information content (AvgIpc) is 3.32. The number of alkyl halides is 3. The minimum Gasteiger partial charge on any atom is -0.444 e. The number of hydrogen-bond donors (Lipinski definition) is 1. The molecule has 0 saturated heterocycles. The third-order valence-corrected chi connectivity index (χ3v) is 5.70. The van der Waals surface area contributed by atoms with Crippen LogP contribution in [0, 0.1) is 0 Å². The Labute approximate surface area is 188 Å². The smallest absolute Gasteiger partial charge is 0.444 e. The van der Waals surface area contributed by atoms with Gasteiger partial charge in [-0.2, -0.15) is 18.2 Å². The molecule has 2 aromatic rings. The topological polar surface area (TPSA) is 97.6 Å². The molecule has 178 valence electrons. The van der Waals surface area contributed by atoms with Crippen molar-refractivity contribution in [2.75, 3.05) is 0 Å². The van der Waals surface area contributed by atoms with Crippen molar-refractivity contribution in [2.45, 2.75) is 76.9 Å². The van der Waals surface area contributed by atoms with E-state index in [1.54, 1.807) is 37.8 Å². The normalized spacial score (nSPS) is 21.2. The minimum atomic E-state index is -4.74. The molecule has 0 radical (unpaired) electrons. The largest absolute Gasteiger partial charge is 0.471 e. The molecule has 33 heavy (non-hydrogen) atoms. The van der Waals surface area contributed by atoms with E-state index in [-0.39, 0.29) is 29.4 Å². The first-order valence-corrected chi connectivity index (χ1v) is 10.8. The standard InChI is InChI=1S/C22H25F3N4O4/c1-21(2,3)32-20(31)26-15-6-4-5-7-16(15)29-11-13-9-8-12(10-14(13)18(29)30)17-27-19(33-28-17)22(23,24)25/h8-10,15-16H,4-7,11H2,1-3H3,(H,26,31)/t15-,16+/m1/s1. The van der Waals surface area contributed by atoms with E-state index in [0.29, 0.717) is 12.1 Å². The van der Waals surface area contributed by atoms with Crippen LogP contribution >= 0.6 is 0 Å². The number of fused-ring (bicyclic) bond motifs is 1. The number of carbonyl (C=O) groups excluding carboxylic acids is 2. The number of rotatable bonds is 3. The van der Waals surface area contributed by atoms with Crippen molar-refractivity contribution in [2.24, 2.45) is 0 Å². The van der Waals surface area contributed by atoms with E-state index >= 15 is 0 Å². The molecule has 2 heterocycles. The predicted molar refractivity (Wildman–Crippen MR) is 110 cm³/mol. The molecule has 1 N–H and O–H groups in total. The highest BCUT2D eigenvalue weighted by Gasteiger charge is 2.40. The Balaban J connectivity index is 1.53. The van der Waals surface area contributed by atoms with Crippen molar-refractivity contribution < 1.29 is 32.0 Å². The highest BCUT2D eigenvalue weighted by Crippen LogP contribution is 2.34. The zero-order valence-electron chi connectivity index (χ0n) is 18.5. The molecule has 1 aliphatic heterocycles. The number of halogens is 3. The second kappa shape index (κ2) is 8.35. The summed E-state index contributed by atoms with van der Waals surface area (Å²) in [5.41, 5.74) is 0.762. The summed E-state index contributed by atoms with van der Waals surface area (Å²) in [6.07, 6.45) is -1.97. The molecule has 0 spiro atoms. The van der Waals surface area contributed by atoms with Crippen molar-refractivity contribution >= 4 is 12.0 Å². The van der Waals surface area contributed by atoms with Crippen LogP contribution in [0.15, 0.2) is 22.7 Å². The van der Waals surface area contributed by atoms with Gasteiger partial charge in [-0.25, -0.2) is 4.79 Å². The Morgan fingerprint density at radius 2 is 1.94 bits per heavy atom. The van der Waals surface area contributed by atoms with Gasteiger partial charge in [-0.05, 0) is 45.2 Å². The quantitative estimate of drug-likeness (QED) is 0.713. The van der Waals surface area contributed by atoms with Crippen LogP contribution in [-0.2, 0) is 17.5 Å². The molecule has 2 atom stereocenters. The van der Waals surface area contributed by atoms with E-state index in [0.717, 1.165) is 31.2 Å². The second-order valence-electron chi connectivity index (χ2n) is 9.33. The minimum absolute atomic E-state index is 0.211. The van der Waals surface area contributed by atoms with Crippen LogP contribution in [0.2, 0.25) is 0 Å². The second-order valence-corrected chi connectivity index (χ2v) is 9.33. The summed E-state index contributed by atoms with van der Waals surface area (Å²) in [5, 5.41) is 6.30. The molecule has 1 aliphatic carbocycles. The highest BCUT2D eigenvalue weighted by atomic mass is 19.4. The van der Waals surface area contributed by atoms with Gasteiger partial charge < -0.3 is 19.5 Å². The molecule has 8 nitrogen and oxygen atoms in total. The monoisotopic (exact) mass is 466 g/mol. The lowest BCUT2D eigenvalue weighted by Crippen LogP contribution is -2.54. The molecule has 2 amide bonds. The molecule has 0 bridgehead atoms. The van der Waals surface area contributed by atoms with Crippen molar-refractivity contribution in [1.82, 2.24) is 20.4 Å². The first kappa shape index (κ1) is 23.1. The van der Waals surface area contributed by atoms with Gasteiger partial charge in [0.25, 0.3) is 5.91 Å². The van der Waals surface area contributed by atoms with Gasteiger partial charge in [0, 0.05) is 17.7 Å². The molecule has 1 fully saturated rings. The highest BCUT2D eigenvalue weighted by molar-refractivity contribution is 5.99. The first-order valence-electron chi connectivity index (χ1n) is 10.8. The van der Waals surface area contributed by atoms with E-state index in [4.69, 9.17) is 4.74 Å². The number of ether oxygens (including phenoxy) is 1. The van der Waals surface area contributed by atoms with Gasteiger partial charge in [0.15, 0.2) is 0 Å². The van der Waals surface area contributed by atoms with E-state index in [2.05, 4.69) is 20.0 Å². The third-order valence-electron chi connectivity index (χ3n) is 5.70. The van der Waals surface area contributed by atoms with Crippen LogP contribution in [-0.4, -0.2) is 44.7 Å². The number of hydrogen-bond acceptors (Lipinski definition) is 6. The van der Waals surface area contributed by atoms with Gasteiger partial charge in [-0.15, -0.1) is 0 Å². The summed E-state index contributed by atoms with van der Waals surface area (Å²) in [4.78, 5) is 30.7. The number of alkyl carbamates (subject to hydrolysis) is 1. The third kappa shape index (κ3) is 4.96. The Morgan fingerprint density at radius 3 is 2.61 bits per heavy atom. The zero-order valence-corrected chi connectivity index (χ0v) is 18.5. The van der Waals surface area contributed by atoms with Crippen LogP contribution in [0.25, 0.3) is 11.4 Å². The zero-order chi connectivity index (χ0) is 24.0. The molecular formula is C22H25F3N4O4.